The first-order chi connectivity index (χ1) is 5.90. The number of hydrogen-bond donors (Lipinski definition) is 0. The van der Waals surface area contributed by atoms with Crippen LogP contribution in [-0.2, 0) is 0 Å². The zero-order chi connectivity index (χ0) is 8.39. The normalized spacial score (nSPS) is 10.0. The average molecular weight is 163 g/mol. The number of hydrogen-bond acceptors (Lipinski definition) is 4. The summed E-state index contributed by atoms with van der Waals surface area (Å²) >= 11 is 0. The first-order valence-electron chi connectivity index (χ1n) is 3.35. The van der Waals surface area contributed by atoms with Crippen LogP contribution in [-0.4, -0.2) is 11.3 Å². The molecule has 2 aromatic heterocycles. The molecule has 0 aliphatic rings. The number of furan rings is 1. The highest BCUT2D eigenvalue weighted by Gasteiger charge is 2.07. The molecule has 0 radical (unpaired) electrons. The molecule has 0 bridgehead atoms. The molecule has 60 valence electrons. The van der Waals surface area contributed by atoms with E-state index in [0.29, 0.717) is 17.9 Å². The molecule has 12 heavy (non-hydrogen) atoms. The SMILES string of the molecule is O=Cc1cnc(-c2ccco2)o1. The van der Waals surface area contributed by atoms with E-state index in [4.69, 9.17) is 8.83 Å². The van der Waals surface area contributed by atoms with Crippen LogP contribution in [0.15, 0.2) is 33.4 Å². The van der Waals surface area contributed by atoms with Crippen molar-refractivity contribution in [3.63, 3.8) is 0 Å². The number of carbonyl (C=O) groups is 1. The third-order valence-electron chi connectivity index (χ3n) is 1.37. The summed E-state index contributed by atoms with van der Waals surface area (Å²) in [6.45, 7) is 0. The summed E-state index contributed by atoms with van der Waals surface area (Å²) in [5.41, 5.74) is 0. The minimum absolute atomic E-state index is 0.196. The number of nitrogens with zero attached hydrogens (tertiary/aromatic N) is 1. The van der Waals surface area contributed by atoms with Gasteiger partial charge in [0.25, 0.3) is 5.89 Å². The fraction of sp³-hybridized carbons (Fsp3) is 0. The number of aldehydes is 1. The van der Waals surface area contributed by atoms with Gasteiger partial charge in [-0.15, -0.1) is 0 Å². The Balaban J connectivity index is 2.41. The first kappa shape index (κ1) is 6.84. The van der Waals surface area contributed by atoms with Crippen LogP contribution in [0.3, 0.4) is 0 Å². The fourth-order valence-corrected chi connectivity index (χ4v) is 0.855. The van der Waals surface area contributed by atoms with Crippen LogP contribution < -0.4 is 0 Å². The molecule has 0 saturated heterocycles. The lowest BCUT2D eigenvalue weighted by Gasteiger charge is -1.84. The van der Waals surface area contributed by atoms with E-state index in [2.05, 4.69) is 4.98 Å². The highest BCUT2D eigenvalue weighted by molar-refractivity contribution is 5.70. The van der Waals surface area contributed by atoms with Gasteiger partial charge in [-0.2, -0.15) is 0 Å². The van der Waals surface area contributed by atoms with E-state index >= 15 is 0 Å². The van der Waals surface area contributed by atoms with Gasteiger partial charge in [0.05, 0.1) is 12.5 Å². The Labute approximate surface area is 67.8 Å². The molecule has 0 aromatic carbocycles. The Morgan fingerprint density at radius 3 is 3.00 bits per heavy atom. The molecule has 2 aromatic rings. The Hall–Kier alpha value is -1.84. The van der Waals surface area contributed by atoms with Crippen LogP contribution >= 0.6 is 0 Å². The van der Waals surface area contributed by atoms with Gasteiger partial charge in [-0.25, -0.2) is 4.98 Å². The van der Waals surface area contributed by atoms with E-state index in [9.17, 15) is 4.79 Å². The lowest BCUT2D eigenvalue weighted by molar-refractivity contribution is 0.110. The minimum atomic E-state index is 0.196. The molecule has 2 rings (SSSR count). The molecule has 0 saturated carbocycles. The molecule has 4 heteroatoms. The summed E-state index contributed by atoms with van der Waals surface area (Å²) < 4.78 is 10.0. The molecule has 0 amide bonds. The minimum Gasteiger partial charge on any atom is -0.459 e. The van der Waals surface area contributed by atoms with Crippen molar-refractivity contribution in [2.75, 3.05) is 0 Å². The van der Waals surface area contributed by atoms with E-state index in [-0.39, 0.29) is 5.76 Å². The number of aromatic nitrogens is 1. The molecular formula is C8H5NO3. The van der Waals surface area contributed by atoms with Gasteiger partial charge in [-0.3, -0.25) is 4.79 Å². The molecule has 0 aliphatic carbocycles. The fourth-order valence-electron chi connectivity index (χ4n) is 0.855. The zero-order valence-corrected chi connectivity index (χ0v) is 6.06. The second-order valence-electron chi connectivity index (χ2n) is 2.16. The standard InChI is InChI=1S/C8H5NO3/c10-5-6-4-9-8(12-6)7-2-1-3-11-7/h1-5H. The average Bonchev–Trinajstić information content (AvgIpc) is 2.75. The van der Waals surface area contributed by atoms with E-state index in [0.717, 1.165) is 0 Å². The quantitative estimate of drug-likeness (QED) is 0.633. The second-order valence-corrected chi connectivity index (χ2v) is 2.16. The molecule has 4 nitrogen and oxygen atoms in total. The number of rotatable bonds is 2. The van der Waals surface area contributed by atoms with Gasteiger partial charge in [0.1, 0.15) is 0 Å². The third kappa shape index (κ3) is 1.03. The lowest BCUT2D eigenvalue weighted by Crippen LogP contribution is -1.69. The van der Waals surface area contributed by atoms with Crippen molar-refractivity contribution < 1.29 is 13.6 Å². The van der Waals surface area contributed by atoms with Gasteiger partial charge in [0.15, 0.2) is 17.8 Å². The van der Waals surface area contributed by atoms with Crippen molar-refractivity contribution in [1.29, 1.82) is 0 Å². The van der Waals surface area contributed by atoms with Gasteiger partial charge in [0.2, 0.25) is 0 Å². The third-order valence-corrected chi connectivity index (χ3v) is 1.37. The van der Waals surface area contributed by atoms with E-state index < -0.39 is 0 Å². The topological polar surface area (TPSA) is 56.2 Å². The van der Waals surface area contributed by atoms with Gasteiger partial charge in [-0.05, 0) is 12.1 Å². The molecule has 0 aliphatic heterocycles. The Bertz CT molecular complexity index is 375. The van der Waals surface area contributed by atoms with Gasteiger partial charge < -0.3 is 8.83 Å². The summed E-state index contributed by atoms with van der Waals surface area (Å²) in [4.78, 5) is 14.1. The second kappa shape index (κ2) is 2.65. The van der Waals surface area contributed by atoms with Crippen LogP contribution in [0.1, 0.15) is 10.6 Å². The maximum absolute atomic E-state index is 10.2. The van der Waals surface area contributed by atoms with Crippen molar-refractivity contribution in [2.24, 2.45) is 0 Å². The van der Waals surface area contributed by atoms with E-state index in [1.807, 2.05) is 0 Å². The van der Waals surface area contributed by atoms with Crippen LogP contribution in [0.4, 0.5) is 0 Å². The van der Waals surface area contributed by atoms with Crippen LogP contribution in [0.25, 0.3) is 11.7 Å². The van der Waals surface area contributed by atoms with Gasteiger partial charge >= 0.3 is 0 Å². The Morgan fingerprint density at radius 1 is 1.50 bits per heavy atom. The van der Waals surface area contributed by atoms with E-state index in [1.165, 1.54) is 12.5 Å². The zero-order valence-electron chi connectivity index (χ0n) is 6.06. The van der Waals surface area contributed by atoms with Crippen LogP contribution in [0, 0.1) is 0 Å². The highest BCUT2D eigenvalue weighted by Crippen LogP contribution is 2.18. The largest absolute Gasteiger partial charge is 0.459 e. The molecule has 0 spiro atoms. The summed E-state index contributed by atoms with van der Waals surface area (Å²) in [7, 11) is 0. The van der Waals surface area contributed by atoms with E-state index in [1.54, 1.807) is 12.1 Å². The molecule has 0 fully saturated rings. The summed E-state index contributed by atoms with van der Waals surface area (Å²) in [6, 6.07) is 3.43. The van der Waals surface area contributed by atoms with Crippen molar-refractivity contribution in [2.45, 2.75) is 0 Å². The molecular weight excluding hydrogens is 158 g/mol. The molecule has 0 unspecified atom stereocenters. The van der Waals surface area contributed by atoms with Crippen molar-refractivity contribution in [3.8, 4) is 11.7 Å². The van der Waals surface area contributed by atoms with Crippen molar-refractivity contribution >= 4 is 6.29 Å². The predicted octanol–water partition coefficient (Wildman–Crippen LogP) is 1.75. The van der Waals surface area contributed by atoms with Crippen LogP contribution in [0.2, 0.25) is 0 Å². The first-order valence-corrected chi connectivity index (χ1v) is 3.35. The number of carbonyl (C=O) groups excluding carboxylic acids is 1. The van der Waals surface area contributed by atoms with Crippen molar-refractivity contribution in [1.82, 2.24) is 4.98 Å². The lowest BCUT2D eigenvalue weighted by atomic mass is 10.4. The van der Waals surface area contributed by atoms with Crippen molar-refractivity contribution in [3.05, 3.63) is 30.4 Å². The highest BCUT2D eigenvalue weighted by atomic mass is 16.4. The molecule has 2 heterocycles. The Morgan fingerprint density at radius 2 is 2.42 bits per heavy atom. The maximum Gasteiger partial charge on any atom is 0.263 e. The summed E-state index contributed by atoms with van der Waals surface area (Å²) in [5, 5.41) is 0. The predicted molar refractivity (Wildman–Crippen MR) is 39.6 cm³/mol. The Kier molecular flexibility index (Phi) is 1.51. The summed E-state index contributed by atoms with van der Waals surface area (Å²) in [6.07, 6.45) is 3.46. The number of oxazole rings is 1. The monoisotopic (exact) mass is 163 g/mol. The summed E-state index contributed by atoms with van der Waals surface area (Å²) in [5.74, 6) is 1.03. The molecule has 0 N–H and O–H groups in total. The van der Waals surface area contributed by atoms with Gasteiger partial charge in [0, 0.05) is 0 Å². The maximum atomic E-state index is 10.2. The van der Waals surface area contributed by atoms with Crippen LogP contribution in [0.5, 0.6) is 0 Å². The molecule has 0 atom stereocenters. The smallest absolute Gasteiger partial charge is 0.263 e. The van der Waals surface area contributed by atoms with Gasteiger partial charge in [-0.1, -0.05) is 0 Å².